The van der Waals surface area contributed by atoms with Gasteiger partial charge in [-0.25, -0.2) is 4.98 Å². The van der Waals surface area contributed by atoms with Gasteiger partial charge in [0.05, 0.1) is 6.20 Å². The number of halogens is 1. The molecule has 0 unspecified atom stereocenters. The molecule has 2 heterocycles. The zero-order chi connectivity index (χ0) is 12.4. The van der Waals surface area contributed by atoms with E-state index in [0.29, 0.717) is 12.4 Å². The van der Waals surface area contributed by atoms with E-state index in [1.165, 1.54) is 6.07 Å². The van der Waals surface area contributed by atoms with Crippen LogP contribution in [-0.4, -0.2) is 19.3 Å². The van der Waals surface area contributed by atoms with Gasteiger partial charge in [-0.15, -0.1) is 0 Å². The highest BCUT2D eigenvalue weighted by Gasteiger charge is 2.04. The van der Waals surface area contributed by atoms with E-state index < -0.39 is 0 Å². The van der Waals surface area contributed by atoms with Crippen molar-refractivity contribution in [3.05, 3.63) is 45.4 Å². The van der Waals surface area contributed by atoms with Gasteiger partial charge in [-0.1, -0.05) is 11.6 Å². The Morgan fingerprint density at radius 3 is 2.82 bits per heavy atom. The summed E-state index contributed by atoms with van der Waals surface area (Å²) in [6, 6.07) is 1.33. The number of hydrogen-bond donors (Lipinski definition) is 0. The molecule has 2 rings (SSSR count). The maximum atomic E-state index is 11.7. The van der Waals surface area contributed by atoms with E-state index in [9.17, 15) is 4.79 Å². The molecule has 0 spiro atoms. The molecule has 0 amide bonds. The van der Waals surface area contributed by atoms with Crippen molar-refractivity contribution in [1.82, 2.24) is 19.3 Å². The lowest BCUT2D eigenvalue weighted by atomic mass is 10.2. The summed E-state index contributed by atoms with van der Waals surface area (Å²) in [6.07, 6.45) is 4.48. The minimum absolute atomic E-state index is 0.119. The van der Waals surface area contributed by atoms with Gasteiger partial charge in [-0.2, -0.15) is 5.10 Å². The first-order chi connectivity index (χ1) is 8.06. The van der Waals surface area contributed by atoms with Gasteiger partial charge in [0.2, 0.25) is 0 Å². The Morgan fingerprint density at radius 2 is 2.24 bits per heavy atom. The van der Waals surface area contributed by atoms with Crippen molar-refractivity contribution >= 4 is 11.6 Å². The van der Waals surface area contributed by atoms with Crippen molar-refractivity contribution in [2.45, 2.75) is 19.9 Å². The topological polar surface area (TPSA) is 52.7 Å². The van der Waals surface area contributed by atoms with Crippen LogP contribution in [0.5, 0.6) is 0 Å². The predicted molar refractivity (Wildman–Crippen MR) is 65.2 cm³/mol. The molecule has 0 atom stereocenters. The summed E-state index contributed by atoms with van der Waals surface area (Å²) in [5, 5.41) is 4.32. The van der Waals surface area contributed by atoms with Crippen LogP contribution in [-0.2, 0) is 20.0 Å². The van der Waals surface area contributed by atoms with Gasteiger partial charge in [0.25, 0.3) is 5.56 Å². The molecule has 0 saturated heterocycles. The monoisotopic (exact) mass is 252 g/mol. The molecule has 17 heavy (non-hydrogen) atoms. The zero-order valence-corrected chi connectivity index (χ0v) is 10.5. The molecule has 0 aliphatic carbocycles. The molecule has 0 fully saturated rings. The number of rotatable bonds is 3. The Labute approximate surface area is 104 Å². The van der Waals surface area contributed by atoms with Crippen molar-refractivity contribution in [2.75, 3.05) is 0 Å². The fourth-order valence-electron chi connectivity index (χ4n) is 1.70. The second-order valence-corrected chi connectivity index (χ2v) is 4.28. The van der Waals surface area contributed by atoms with Gasteiger partial charge < -0.3 is 0 Å². The van der Waals surface area contributed by atoms with Crippen molar-refractivity contribution < 1.29 is 0 Å². The average molecular weight is 253 g/mol. The third-order valence-corrected chi connectivity index (χ3v) is 2.74. The molecule has 0 saturated carbocycles. The molecule has 0 aromatic carbocycles. The van der Waals surface area contributed by atoms with E-state index in [1.807, 2.05) is 13.2 Å². The van der Waals surface area contributed by atoms with Crippen LogP contribution in [0.15, 0.2) is 23.3 Å². The molecular formula is C11H13ClN4O. The molecule has 0 bridgehead atoms. The molecule has 5 nitrogen and oxygen atoms in total. The van der Waals surface area contributed by atoms with Crippen LogP contribution in [0.25, 0.3) is 0 Å². The van der Waals surface area contributed by atoms with Gasteiger partial charge in [0.1, 0.15) is 11.0 Å². The van der Waals surface area contributed by atoms with Gasteiger partial charge in [0, 0.05) is 25.9 Å². The Kier molecular flexibility index (Phi) is 3.28. The van der Waals surface area contributed by atoms with Crippen molar-refractivity contribution in [2.24, 2.45) is 7.05 Å². The third-order valence-electron chi connectivity index (χ3n) is 2.55. The summed E-state index contributed by atoms with van der Waals surface area (Å²) in [5.74, 6) is 0.631. The van der Waals surface area contributed by atoms with E-state index >= 15 is 0 Å². The van der Waals surface area contributed by atoms with Crippen LogP contribution in [0.2, 0.25) is 5.15 Å². The fourth-order valence-corrected chi connectivity index (χ4v) is 1.92. The van der Waals surface area contributed by atoms with Crippen LogP contribution in [0.4, 0.5) is 0 Å². The lowest BCUT2D eigenvalue weighted by molar-refractivity contribution is 0.629. The van der Waals surface area contributed by atoms with E-state index in [0.717, 1.165) is 12.0 Å². The number of aryl methyl sites for hydroxylation is 3. The smallest absolute Gasteiger partial charge is 0.254 e. The largest absolute Gasteiger partial charge is 0.296 e. The highest BCUT2D eigenvalue weighted by atomic mass is 35.5. The lowest BCUT2D eigenvalue weighted by Gasteiger charge is -2.07. The molecule has 0 aliphatic rings. The third kappa shape index (κ3) is 2.74. The normalized spacial score (nSPS) is 10.8. The number of hydrogen-bond acceptors (Lipinski definition) is 3. The second kappa shape index (κ2) is 4.71. The van der Waals surface area contributed by atoms with Gasteiger partial charge in [0.15, 0.2) is 0 Å². The Balaban J connectivity index is 2.17. The first-order valence-corrected chi connectivity index (χ1v) is 5.65. The summed E-state index contributed by atoms with van der Waals surface area (Å²) in [7, 11) is 1.87. The summed E-state index contributed by atoms with van der Waals surface area (Å²) >= 11 is 5.70. The van der Waals surface area contributed by atoms with Crippen LogP contribution in [0.1, 0.15) is 11.4 Å². The first kappa shape index (κ1) is 11.9. The minimum Gasteiger partial charge on any atom is -0.296 e. The lowest BCUT2D eigenvalue weighted by Crippen LogP contribution is -2.23. The maximum Gasteiger partial charge on any atom is 0.254 e. The Morgan fingerprint density at radius 1 is 1.47 bits per heavy atom. The van der Waals surface area contributed by atoms with Crippen LogP contribution in [0.3, 0.4) is 0 Å². The summed E-state index contributed by atoms with van der Waals surface area (Å²) < 4.78 is 3.35. The van der Waals surface area contributed by atoms with Crippen molar-refractivity contribution in [1.29, 1.82) is 0 Å². The van der Waals surface area contributed by atoms with Gasteiger partial charge >= 0.3 is 0 Å². The zero-order valence-electron chi connectivity index (χ0n) is 9.72. The molecule has 0 N–H and O–H groups in total. The van der Waals surface area contributed by atoms with Crippen molar-refractivity contribution in [3.8, 4) is 0 Å². The average Bonchev–Trinajstić information content (AvgIpc) is 2.62. The highest BCUT2D eigenvalue weighted by molar-refractivity contribution is 6.29. The van der Waals surface area contributed by atoms with E-state index in [4.69, 9.17) is 11.6 Å². The fraction of sp³-hybridized carbons (Fsp3) is 0.364. The van der Waals surface area contributed by atoms with Crippen LogP contribution >= 0.6 is 11.6 Å². The Bertz CT molecular complexity index is 587. The molecule has 6 heteroatoms. The van der Waals surface area contributed by atoms with E-state index in [1.54, 1.807) is 22.4 Å². The molecule has 2 aromatic heterocycles. The summed E-state index contributed by atoms with van der Waals surface area (Å²) in [4.78, 5) is 15.8. The van der Waals surface area contributed by atoms with Crippen LogP contribution in [0, 0.1) is 6.92 Å². The minimum atomic E-state index is -0.119. The molecular weight excluding hydrogens is 240 g/mol. The quantitative estimate of drug-likeness (QED) is 0.771. The summed E-state index contributed by atoms with van der Waals surface area (Å²) in [6.45, 7) is 2.36. The van der Waals surface area contributed by atoms with E-state index in [-0.39, 0.29) is 10.7 Å². The molecule has 0 aliphatic heterocycles. The first-order valence-electron chi connectivity index (χ1n) is 5.28. The number of aromatic nitrogens is 4. The van der Waals surface area contributed by atoms with Gasteiger partial charge in [-0.3, -0.25) is 14.0 Å². The maximum absolute atomic E-state index is 11.7. The highest BCUT2D eigenvalue weighted by Crippen LogP contribution is 2.03. The van der Waals surface area contributed by atoms with Gasteiger partial charge in [-0.05, 0) is 18.9 Å². The second-order valence-electron chi connectivity index (χ2n) is 3.89. The summed E-state index contributed by atoms with van der Waals surface area (Å²) in [5.41, 5.74) is 0.972. The SMILES string of the molecule is Cc1nc(Cl)cc(=O)n1CCc1cnn(C)c1. The number of nitrogens with zero attached hydrogens (tertiary/aromatic N) is 4. The van der Waals surface area contributed by atoms with E-state index in [2.05, 4.69) is 10.1 Å². The standard InChI is InChI=1S/C11H13ClN4O/c1-8-14-10(12)5-11(17)16(8)4-3-9-6-13-15(2)7-9/h5-7H,3-4H2,1-2H3. The van der Waals surface area contributed by atoms with Crippen LogP contribution < -0.4 is 5.56 Å². The molecule has 2 aromatic rings. The Hall–Kier alpha value is -1.62. The predicted octanol–water partition coefficient (Wildman–Crippen LogP) is 1.18. The van der Waals surface area contributed by atoms with Crippen molar-refractivity contribution in [3.63, 3.8) is 0 Å². The molecule has 0 radical (unpaired) electrons. The molecule has 90 valence electrons.